The summed E-state index contributed by atoms with van der Waals surface area (Å²) in [5.41, 5.74) is 0.199. The Bertz CT molecular complexity index is 502. The predicted octanol–water partition coefficient (Wildman–Crippen LogP) is 2.42. The van der Waals surface area contributed by atoms with Crippen LogP contribution < -0.4 is 5.32 Å². The van der Waals surface area contributed by atoms with Gasteiger partial charge in [0.2, 0.25) is 0 Å². The van der Waals surface area contributed by atoms with Crippen molar-refractivity contribution in [3.05, 3.63) is 27.7 Å². The molecule has 20 heavy (non-hydrogen) atoms. The van der Waals surface area contributed by atoms with Gasteiger partial charge in [-0.15, -0.1) is 0 Å². The molecule has 1 unspecified atom stereocenters. The summed E-state index contributed by atoms with van der Waals surface area (Å²) in [6.07, 6.45) is 0. The van der Waals surface area contributed by atoms with E-state index in [1.54, 1.807) is 0 Å². The van der Waals surface area contributed by atoms with Gasteiger partial charge in [-0.2, -0.15) is 0 Å². The van der Waals surface area contributed by atoms with Gasteiger partial charge in [0.15, 0.2) is 5.78 Å². The summed E-state index contributed by atoms with van der Waals surface area (Å²) in [5.74, 6) is -0.535. The average molecular weight is 317 g/mol. The molecule has 1 saturated heterocycles. The van der Waals surface area contributed by atoms with E-state index < -0.39 is 0 Å². The van der Waals surface area contributed by atoms with Gasteiger partial charge in [0.05, 0.1) is 10.6 Å². The van der Waals surface area contributed by atoms with Crippen molar-refractivity contribution in [3.63, 3.8) is 0 Å². The van der Waals surface area contributed by atoms with Gasteiger partial charge in [0, 0.05) is 43.7 Å². The van der Waals surface area contributed by atoms with Crippen LogP contribution in [-0.2, 0) is 0 Å². The second kappa shape index (κ2) is 6.76. The maximum atomic E-state index is 12.4. The molecule has 1 aliphatic heterocycles. The third-order valence-electron chi connectivity index (χ3n) is 3.48. The number of nitrogens with zero attached hydrogens (tertiary/aromatic N) is 1. The number of ketones is 1. The van der Waals surface area contributed by atoms with E-state index in [2.05, 4.69) is 10.2 Å². The van der Waals surface area contributed by atoms with Crippen molar-refractivity contribution in [2.45, 2.75) is 6.92 Å². The molecule has 1 atom stereocenters. The lowest BCUT2D eigenvalue weighted by molar-refractivity contribution is 0.0884. The number of hydrogen-bond donors (Lipinski definition) is 2. The summed E-state index contributed by atoms with van der Waals surface area (Å²) in [6, 6.07) is 2.90. The number of hydrogen-bond acceptors (Lipinski definition) is 4. The fourth-order valence-corrected chi connectivity index (χ4v) is 2.88. The molecule has 2 N–H and O–H groups in total. The second-order valence-electron chi connectivity index (χ2n) is 5.10. The molecule has 1 aromatic rings. The number of nitrogens with one attached hydrogen (secondary N) is 1. The van der Waals surface area contributed by atoms with Crippen LogP contribution in [0.5, 0.6) is 5.75 Å². The molecule has 1 fully saturated rings. The Kier molecular flexibility index (Phi) is 5.27. The Morgan fingerprint density at radius 3 is 2.70 bits per heavy atom. The molecule has 1 aliphatic rings. The van der Waals surface area contributed by atoms with Crippen molar-refractivity contribution in [1.29, 1.82) is 0 Å². The molecule has 0 bridgehead atoms. The van der Waals surface area contributed by atoms with Crippen LogP contribution in [0.1, 0.15) is 17.3 Å². The summed E-state index contributed by atoms with van der Waals surface area (Å²) in [4.78, 5) is 14.7. The van der Waals surface area contributed by atoms with E-state index in [0.717, 1.165) is 26.2 Å². The molecule has 2 rings (SSSR count). The Morgan fingerprint density at radius 2 is 2.05 bits per heavy atom. The van der Waals surface area contributed by atoms with E-state index in [1.165, 1.54) is 12.1 Å². The molecule has 4 nitrogen and oxygen atoms in total. The zero-order valence-corrected chi connectivity index (χ0v) is 12.8. The first-order valence-corrected chi connectivity index (χ1v) is 7.40. The lowest BCUT2D eigenvalue weighted by Gasteiger charge is -2.29. The summed E-state index contributed by atoms with van der Waals surface area (Å²) in [7, 11) is 0. The minimum atomic E-state index is -0.214. The van der Waals surface area contributed by atoms with Crippen molar-refractivity contribution in [3.8, 4) is 5.75 Å². The van der Waals surface area contributed by atoms with Gasteiger partial charge in [0.25, 0.3) is 0 Å². The number of phenolic OH excluding ortho intramolecular Hbond substituents is 1. The minimum absolute atomic E-state index is 0.107. The fraction of sp³-hybridized carbons (Fsp3) is 0.500. The number of aromatic hydroxyl groups is 1. The van der Waals surface area contributed by atoms with Crippen LogP contribution in [0.15, 0.2) is 12.1 Å². The minimum Gasteiger partial charge on any atom is -0.506 e. The predicted molar refractivity (Wildman–Crippen MR) is 80.9 cm³/mol. The highest BCUT2D eigenvalue weighted by Gasteiger charge is 2.23. The highest BCUT2D eigenvalue weighted by molar-refractivity contribution is 6.36. The summed E-state index contributed by atoms with van der Waals surface area (Å²) >= 11 is 11.8. The summed E-state index contributed by atoms with van der Waals surface area (Å²) in [5, 5.41) is 13.6. The van der Waals surface area contributed by atoms with Crippen molar-refractivity contribution in [2.24, 2.45) is 5.92 Å². The number of piperazine rings is 1. The standard InChI is InChI=1S/C14H18Cl2N2O2/c1-9(8-18-4-2-17-3-5-18)13(19)11-6-10(15)7-12(16)14(11)20/h6-7,9,17,20H,2-5,8H2,1H3. The van der Waals surface area contributed by atoms with Gasteiger partial charge >= 0.3 is 0 Å². The molecule has 1 heterocycles. The van der Waals surface area contributed by atoms with Crippen molar-refractivity contribution >= 4 is 29.0 Å². The van der Waals surface area contributed by atoms with Gasteiger partial charge in [-0.25, -0.2) is 0 Å². The van der Waals surface area contributed by atoms with E-state index in [1.807, 2.05) is 6.92 Å². The van der Waals surface area contributed by atoms with E-state index in [4.69, 9.17) is 23.2 Å². The zero-order valence-electron chi connectivity index (χ0n) is 11.3. The lowest BCUT2D eigenvalue weighted by Crippen LogP contribution is -2.45. The number of rotatable bonds is 4. The number of Topliss-reactive ketones (excluding diaryl/α,β-unsaturated/α-hetero) is 1. The smallest absolute Gasteiger partial charge is 0.170 e. The summed E-state index contributed by atoms with van der Waals surface area (Å²) < 4.78 is 0. The van der Waals surface area contributed by atoms with Gasteiger partial charge in [0.1, 0.15) is 5.75 Å². The first-order chi connectivity index (χ1) is 9.49. The Balaban J connectivity index is 2.10. The molecular formula is C14H18Cl2N2O2. The molecule has 0 aromatic heterocycles. The number of carbonyl (C=O) groups excluding carboxylic acids is 1. The number of benzene rings is 1. The number of halogens is 2. The molecule has 110 valence electrons. The maximum Gasteiger partial charge on any atom is 0.170 e. The molecule has 0 amide bonds. The van der Waals surface area contributed by atoms with Crippen LogP contribution in [0.4, 0.5) is 0 Å². The highest BCUT2D eigenvalue weighted by atomic mass is 35.5. The average Bonchev–Trinajstić information content (AvgIpc) is 2.43. The van der Waals surface area contributed by atoms with E-state index in [9.17, 15) is 9.90 Å². The Hall–Kier alpha value is -0.810. The SMILES string of the molecule is CC(CN1CCNCC1)C(=O)c1cc(Cl)cc(Cl)c1O. The monoisotopic (exact) mass is 316 g/mol. The Labute approximate surface area is 128 Å². The largest absolute Gasteiger partial charge is 0.506 e. The van der Waals surface area contributed by atoms with E-state index in [-0.39, 0.29) is 28.0 Å². The van der Waals surface area contributed by atoms with Crippen LogP contribution in [0.25, 0.3) is 0 Å². The van der Waals surface area contributed by atoms with Crippen LogP contribution in [0.2, 0.25) is 10.0 Å². The topological polar surface area (TPSA) is 52.6 Å². The molecule has 0 radical (unpaired) electrons. The first kappa shape index (κ1) is 15.6. The van der Waals surface area contributed by atoms with E-state index >= 15 is 0 Å². The van der Waals surface area contributed by atoms with Crippen molar-refractivity contribution in [1.82, 2.24) is 10.2 Å². The summed E-state index contributed by atoms with van der Waals surface area (Å²) in [6.45, 7) is 6.27. The Morgan fingerprint density at radius 1 is 1.40 bits per heavy atom. The van der Waals surface area contributed by atoms with Gasteiger partial charge in [-0.05, 0) is 12.1 Å². The van der Waals surface area contributed by atoms with Crippen molar-refractivity contribution in [2.75, 3.05) is 32.7 Å². The van der Waals surface area contributed by atoms with Gasteiger partial charge < -0.3 is 15.3 Å². The first-order valence-electron chi connectivity index (χ1n) is 6.64. The van der Waals surface area contributed by atoms with E-state index in [0.29, 0.717) is 11.6 Å². The highest BCUT2D eigenvalue weighted by Crippen LogP contribution is 2.32. The van der Waals surface area contributed by atoms with Gasteiger partial charge in [-0.1, -0.05) is 30.1 Å². The van der Waals surface area contributed by atoms with Crippen LogP contribution >= 0.6 is 23.2 Å². The molecule has 0 saturated carbocycles. The van der Waals surface area contributed by atoms with Crippen LogP contribution in [0, 0.1) is 5.92 Å². The molecule has 0 spiro atoms. The van der Waals surface area contributed by atoms with Crippen LogP contribution in [0.3, 0.4) is 0 Å². The number of phenols is 1. The van der Waals surface area contributed by atoms with Crippen LogP contribution in [-0.4, -0.2) is 48.5 Å². The molecular weight excluding hydrogens is 299 g/mol. The molecule has 1 aromatic carbocycles. The second-order valence-corrected chi connectivity index (χ2v) is 5.94. The third-order valence-corrected chi connectivity index (χ3v) is 3.99. The fourth-order valence-electron chi connectivity index (χ4n) is 2.38. The number of carbonyl (C=O) groups is 1. The lowest BCUT2D eigenvalue weighted by atomic mass is 9.97. The zero-order chi connectivity index (χ0) is 14.7. The van der Waals surface area contributed by atoms with Gasteiger partial charge in [-0.3, -0.25) is 4.79 Å². The quantitative estimate of drug-likeness (QED) is 0.838. The third kappa shape index (κ3) is 3.64. The normalized spacial score (nSPS) is 17.9. The van der Waals surface area contributed by atoms with Crippen molar-refractivity contribution < 1.29 is 9.90 Å². The molecule has 6 heteroatoms. The molecule has 0 aliphatic carbocycles. The maximum absolute atomic E-state index is 12.4.